The van der Waals surface area contributed by atoms with Crippen LogP contribution in [0.5, 0.6) is 0 Å². The summed E-state index contributed by atoms with van der Waals surface area (Å²) < 4.78 is 13.4. The topological polar surface area (TPSA) is 39.5 Å². The van der Waals surface area contributed by atoms with E-state index in [9.17, 15) is 0 Å². The number of ether oxygens (including phenoxy) is 2. The van der Waals surface area contributed by atoms with Gasteiger partial charge in [0.1, 0.15) is 0 Å². The van der Waals surface area contributed by atoms with Crippen molar-refractivity contribution < 1.29 is 9.47 Å². The van der Waals surface area contributed by atoms with Crippen molar-refractivity contribution in [1.82, 2.24) is 9.55 Å². The minimum absolute atomic E-state index is 0.355. The molecule has 5 heteroatoms. The molecule has 5 nitrogen and oxygen atoms in total. The van der Waals surface area contributed by atoms with Gasteiger partial charge in [-0.05, 0) is 0 Å². The Hall–Kier alpha value is -1.07. The van der Waals surface area contributed by atoms with Crippen molar-refractivity contribution in [2.75, 3.05) is 31.2 Å². The van der Waals surface area contributed by atoms with Gasteiger partial charge in [0.05, 0.1) is 19.8 Å². The van der Waals surface area contributed by atoms with E-state index in [0.717, 1.165) is 25.5 Å². The molecule has 15 heavy (non-hydrogen) atoms. The molecular weight excluding hydrogens is 194 g/mol. The second kappa shape index (κ2) is 3.21. The molecule has 0 aliphatic carbocycles. The molecule has 2 aliphatic heterocycles. The Bertz CT molecular complexity index is 357. The zero-order valence-corrected chi connectivity index (χ0v) is 8.85. The maximum Gasteiger partial charge on any atom is 0.205 e. The largest absolute Gasteiger partial charge is 0.346 e. The fourth-order valence-electron chi connectivity index (χ4n) is 2.32. The maximum atomic E-state index is 5.67. The van der Waals surface area contributed by atoms with Crippen LogP contribution >= 0.6 is 0 Å². The third-order valence-corrected chi connectivity index (χ3v) is 3.09. The van der Waals surface area contributed by atoms with Gasteiger partial charge in [-0.1, -0.05) is 0 Å². The van der Waals surface area contributed by atoms with E-state index < -0.39 is 0 Å². The van der Waals surface area contributed by atoms with E-state index in [1.807, 2.05) is 24.0 Å². The summed E-state index contributed by atoms with van der Waals surface area (Å²) in [6, 6.07) is 0. The third-order valence-electron chi connectivity index (χ3n) is 3.09. The highest BCUT2D eigenvalue weighted by Crippen LogP contribution is 2.32. The standard InChI is InChI=1S/C10H15N3O2/c1-12-5-3-11-9(12)13-4-2-10(8-13)14-6-7-15-10/h3,5H,2,4,6-8H2,1H3. The van der Waals surface area contributed by atoms with Gasteiger partial charge in [-0.3, -0.25) is 0 Å². The SMILES string of the molecule is Cn1ccnc1N1CCC2(C1)OCCO2. The number of anilines is 1. The van der Waals surface area contributed by atoms with E-state index in [2.05, 4.69) is 9.88 Å². The van der Waals surface area contributed by atoms with Gasteiger partial charge in [-0.15, -0.1) is 0 Å². The molecule has 0 aromatic carbocycles. The van der Waals surface area contributed by atoms with Crippen molar-refractivity contribution in [3.63, 3.8) is 0 Å². The molecule has 0 bridgehead atoms. The van der Waals surface area contributed by atoms with Gasteiger partial charge in [-0.25, -0.2) is 4.98 Å². The summed E-state index contributed by atoms with van der Waals surface area (Å²) in [6.45, 7) is 3.17. The molecule has 1 aromatic heterocycles. The Morgan fingerprint density at radius 3 is 2.87 bits per heavy atom. The minimum Gasteiger partial charge on any atom is -0.346 e. The van der Waals surface area contributed by atoms with Crippen molar-refractivity contribution in [1.29, 1.82) is 0 Å². The lowest BCUT2D eigenvalue weighted by Gasteiger charge is -2.22. The average Bonchev–Trinajstić information content (AvgIpc) is 2.90. The first-order valence-electron chi connectivity index (χ1n) is 5.29. The Kier molecular flexibility index (Phi) is 1.97. The van der Waals surface area contributed by atoms with Gasteiger partial charge in [0, 0.05) is 32.4 Å². The van der Waals surface area contributed by atoms with Crippen molar-refractivity contribution in [2.45, 2.75) is 12.2 Å². The predicted molar refractivity (Wildman–Crippen MR) is 54.7 cm³/mol. The van der Waals surface area contributed by atoms with E-state index in [0.29, 0.717) is 13.2 Å². The van der Waals surface area contributed by atoms with Crippen LogP contribution in [-0.4, -0.2) is 41.6 Å². The number of hydrogen-bond donors (Lipinski definition) is 0. The number of aryl methyl sites for hydroxylation is 1. The molecule has 3 heterocycles. The number of rotatable bonds is 1. The normalized spacial score (nSPS) is 24.2. The Morgan fingerprint density at radius 2 is 2.20 bits per heavy atom. The van der Waals surface area contributed by atoms with Crippen LogP contribution < -0.4 is 4.90 Å². The maximum absolute atomic E-state index is 5.67. The van der Waals surface area contributed by atoms with E-state index in [4.69, 9.17) is 9.47 Å². The van der Waals surface area contributed by atoms with Gasteiger partial charge in [0.15, 0.2) is 5.79 Å². The second-order valence-corrected chi connectivity index (χ2v) is 4.12. The Balaban J connectivity index is 1.79. The van der Waals surface area contributed by atoms with Crippen LogP contribution in [0.4, 0.5) is 5.95 Å². The van der Waals surface area contributed by atoms with Gasteiger partial charge in [0.2, 0.25) is 5.95 Å². The predicted octanol–water partition coefficient (Wildman–Crippen LogP) is 0.373. The van der Waals surface area contributed by atoms with E-state index in [-0.39, 0.29) is 5.79 Å². The van der Waals surface area contributed by atoms with E-state index in [1.165, 1.54) is 0 Å². The zero-order chi connectivity index (χ0) is 10.3. The Labute approximate surface area is 88.6 Å². The van der Waals surface area contributed by atoms with Gasteiger partial charge in [0.25, 0.3) is 0 Å². The minimum atomic E-state index is -0.355. The highest BCUT2D eigenvalue weighted by Gasteiger charge is 2.44. The molecule has 1 spiro atoms. The number of nitrogens with zero attached hydrogens (tertiary/aromatic N) is 3. The molecule has 2 fully saturated rings. The number of aromatic nitrogens is 2. The average molecular weight is 209 g/mol. The lowest BCUT2D eigenvalue weighted by atomic mass is 10.2. The lowest BCUT2D eigenvalue weighted by Crippen LogP contribution is -2.35. The monoisotopic (exact) mass is 209 g/mol. The van der Waals surface area contributed by atoms with Crippen molar-refractivity contribution in [2.24, 2.45) is 7.05 Å². The summed E-state index contributed by atoms with van der Waals surface area (Å²) >= 11 is 0. The molecule has 0 atom stereocenters. The lowest BCUT2D eigenvalue weighted by molar-refractivity contribution is -0.138. The third kappa shape index (κ3) is 1.42. The molecule has 0 radical (unpaired) electrons. The first-order valence-corrected chi connectivity index (χ1v) is 5.29. The van der Waals surface area contributed by atoms with Crippen LogP contribution in [0.1, 0.15) is 6.42 Å². The molecule has 2 aliphatic rings. The van der Waals surface area contributed by atoms with Crippen LogP contribution in [-0.2, 0) is 16.5 Å². The molecule has 3 rings (SSSR count). The van der Waals surface area contributed by atoms with Crippen LogP contribution in [0.15, 0.2) is 12.4 Å². The van der Waals surface area contributed by atoms with Crippen LogP contribution in [0.3, 0.4) is 0 Å². The fourth-order valence-corrected chi connectivity index (χ4v) is 2.32. The van der Waals surface area contributed by atoms with Crippen LogP contribution in [0.25, 0.3) is 0 Å². The quantitative estimate of drug-likeness (QED) is 0.670. The molecule has 0 unspecified atom stereocenters. The summed E-state index contributed by atoms with van der Waals surface area (Å²) in [5.74, 6) is 0.636. The Morgan fingerprint density at radius 1 is 1.40 bits per heavy atom. The molecule has 0 N–H and O–H groups in total. The van der Waals surface area contributed by atoms with Gasteiger partial charge >= 0.3 is 0 Å². The molecule has 0 amide bonds. The number of hydrogen-bond acceptors (Lipinski definition) is 4. The highest BCUT2D eigenvalue weighted by molar-refractivity contribution is 5.33. The molecule has 0 saturated carbocycles. The van der Waals surface area contributed by atoms with Crippen molar-refractivity contribution in [3.8, 4) is 0 Å². The summed E-state index contributed by atoms with van der Waals surface area (Å²) in [7, 11) is 2.00. The van der Waals surface area contributed by atoms with Gasteiger partial charge in [-0.2, -0.15) is 0 Å². The molecule has 82 valence electrons. The van der Waals surface area contributed by atoms with Gasteiger partial charge < -0.3 is 18.9 Å². The van der Waals surface area contributed by atoms with Crippen LogP contribution in [0, 0.1) is 0 Å². The zero-order valence-electron chi connectivity index (χ0n) is 8.85. The highest BCUT2D eigenvalue weighted by atomic mass is 16.7. The first-order chi connectivity index (χ1) is 7.29. The molecular formula is C10H15N3O2. The number of imidazole rings is 1. The molecule has 1 aromatic rings. The smallest absolute Gasteiger partial charge is 0.205 e. The van der Waals surface area contributed by atoms with Crippen molar-refractivity contribution >= 4 is 5.95 Å². The van der Waals surface area contributed by atoms with Crippen LogP contribution in [0.2, 0.25) is 0 Å². The summed E-state index contributed by atoms with van der Waals surface area (Å²) in [6.07, 6.45) is 4.70. The molecule has 2 saturated heterocycles. The summed E-state index contributed by atoms with van der Waals surface area (Å²) in [5, 5.41) is 0. The first kappa shape index (κ1) is 9.18. The van der Waals surface area contributed by atoms with E-state index in [1.54, 1.807) is 0 Å². The summed E-state index contributed by atoms with van der Waals surface area (Å²) in [4.78, 5) is 6.54. The second-order valence-electron chi connectivity index (χ2n) is 4.12. The van der Waals surface area contributed by atoms with Crippen molar-refractivity contribution in [3.05, 3.63) is 12.4 Å². The summed E-state index contributed by atoms with van der Waals surface area (Å²) in [5.41, 5.74) is 0. The fraction of sp³-hybridized carbons (Fsp3) is 0.700. The van der Waals surface area contributed by atoms with E-state index >= 15 is 0 Å².